The second-order valence-corrected chi connectivity index (χ2v) is 8.82. The van der Waals surface area contributed by atoms with Crippen molar-refractivity contribution in [1.29, 1.82) is 0 Å². The Kier molecular flexibility index (Phi) is 4.07. The van der Waals surface area contributed by atoms with Gasteiger partial charge in [0, 0.05) is 54.3 Å². The minimum atomic E-state index is 0.630. The first-order valence-corrected chi connectivity index (χ1v) is 10.9. The third kappa shape index (κ3) is 3.16. The number of fused-ring (bicyclic) bond motifs is 3. The van der Waals surface area contributed by atoms with Crippen LogP contribution < -0.4 is 5.49 Å². The van der Waals surface area contributed by atoms with Crippen molar-refractivity contribution >= 4 is 39.2 Å². The van der Waals surface area contributed by atoms with Gasteiger partial charge in [-0.1, -0.05) is 0 Å². The van der Waals surface area contributed by atoms with E-state index in [1.165, 1.54) is 22.5 Å². The smallest absolute Gasteiger partial charge is 0.159 e. The van der Waals surface area contributed by atoms with Crippen molar-refractivity contribution in [2.45, 2.75) is 18.8 Å². The molecule has 1 aromatic carbocycles. The maximum Gasteiger partial charge on any atom is 0.159 e. The second kappa shape index (κ2) is 6.95. The first-order chi connectivity index (χ1) is 15.2. The van der Waals surface area contributed by atoms with Gasteiger partial charge in [-0.3, -0.25) is 14.2 Å². The van der Waals surface area contributed by atoms with Gasteiger partial charge in [-0.05, 0) is 43.2 Å². The number of nitrogens with zero attached hydrogens (tertiary/aromatic N) is 7. The van der Waals surface area contributed by atoms with Gasteiger partial charge in [-0.25, -0.2) is 4.98 Å². The highest BCUT2D eigenvalue weighted by atomic mass is 32.1. The molecular weight excluding hydrogens is 406 g/mol. The molecular formula is C23H19N7S. The molecule has 1 fully saturated rings. The number of hydrogen-bond acceptors (Lipinski definition) is 6. The molecule has 8 heteroatoms. The molecule has 0 spiro atoms. The molecule has 0 unspecified atom stereocenters. The zero-order valence-electron chi connectivity index (χ0n) is 16.9. The zero-order chi connectivity index (χ0) is 20.9. The van der Waals surface area contributed by atoms with Crippen LogP contribution in [0.25, 0.3) is 37.9 Å². The van der Waals surface area contributed by atoms with E-state index in [4.69, 9.17) is 4.98 Å². The molecule has 5 aromatic rings. The van der Waals surface area contributed by atoms with Crippen molar-refractivity contribution in [3.63, 3.8) is 0 Å². The number of rotatable bonds is 4. The van der Waals surface area contributed by atoms with Gasteiger partial charge < -0.3 is 0 Å². The highest BCUT2D eigenvalue weighted by Crippen LogP contribution is 2.44. The van der Waals surface area contributed by atoms with Gasteiger partial charge in [-0.15, -0.1) is 16.4 Å². The molecule has 1 saturated carbocycles. The van der Waals surface area contributed by atoms with Crippen LogP contribution in [0.15, 0.2) is 65.3 Å². The Morgan fingerprint density at radius 3 is 2.74 bits per heavy atom. The Hall–Kier alpha value is -3.65. The predicted octanol–water partition coefficient (Wildman–Crippen LogP) is 4.43. The van der Waals surface area contributed by atoms with Crippen LogP contribution in [0.1, 0.15) is 23.8 Å². The number of thiazole rings is 1. The maximum atomic E-state index is 4.83. The Bertz CT molecular complexity index is 1530. The van der Waals surface area contributed by atoms with E-state index in [-0.39, 0.29) is 0 Å². The molecule has 4 heterocycles. The maximum absolute atomic E-state index is 4.83. The lowest BCUT2D eigenvalue weighted by Gasteiger charge is -2.10. The lowest BCUT2D eigenvalue weighted by atomic mass is 10.1. The quantitative estimate of drug-likeness (QED) is 0.316. The predicted molar refractivity (Wildman–Crippen MR) is 124 cm³/mol. The number of pyridine rings is 2. The van der Waals surface area contributed by atoms with Gasteiger partial charge in [0.15, 0.2) is 5.49 Å². The molecule has 4 aromatic heterocycles. The van der Waals surface area contributed by atoms with Crippen LogP contribution in [0.5, 0.6) is 0 Å². The molecule has 0 radical (unpaired) electrons. The highest BCUT2D eigenvalue weighted by Gasteiger charge is 2.27. The van der Waals surface area contributed by atoms with Crippen molar-refractivity contribution in [2.75, 3.05) is 0 Å². The van der Waals surface area contributed by atoms with Gasteiger partial charge in [0.25, 0.3) is 0 Å². The van der Waals surface area contributed by atoms with Gasteiger partial charge in [0.1, 0.15) is 5.52 Å². The van der Waals surface area contributed by atoms with E-state index < -0.39 is 0 Å². The molecule has 152 valence electrons. The normalized spacial score (nSPS) is 14.5. The Balaban J connectivity index is 1.57. The fraction of sp³-hybridized carbons (Fsp3) is 0.174. The summed E-state index contributed by atoms with van der Waals surface area (Å²) in [5.41, 5.74) is 5.70. The standard InChI is InChI=1S/C23H19N7S/c1-24-28-21-8-5-15(16-10-26-29(2)12-16)13-30(21)17-6-7-19-18(9-17)22-20(11-25-19)27-23(31-22)14-3-4-14/h5-14H,1,3-4H2,2H3/b28-21-. The van der Waals surface area contributed by atoms with Crippen LogP contribution in [-0.4, -0.2) is 31.0 Å². The summed E-state index contributed by atoms with van der Waals surface area (Å²) in [6, 6.07) is 10.2. The SMILES string of the molecule is C=N/N=c1/ccc(-c2cnn(C)c2)cn1-c1ccc2ncc3nc(C4CC4)sc3c2c1. The molecule has 6 rings (SSSR count). The molecule has 1 aliphatic carbocycles. The van der Waals surface area contributed by atoms with Crippen molar-refractivity contribution in [2.24, 2.45) is 17.3 Å². The number of hydrogen-bond donors (Lipinski definition) is 0. The second-order valence-electron chi connectivity index (χ2n) is 7.79. The summed E-state index contributed by atoms with van der Waals surface area (Å²) >= 11 is 1.80. The zero-order valence-corrected chi connectivity index (χ0v) is 17.8. The summed E-state index contributed by atoms with van der Waals surface area (Å²) in [7, 11) is 1.91. The van der Waals surface area contributed by atoms with E-state index in [1.807, 2.05) is 42.3 Å². The van der Waals surface area contributed by atoms with Crippen molar-refractivity contribution in [3.8, 4) is 16.8 Å². The Morgan fingerprint density at radius 1 is 1.06 bits per heavy atom. The van der Waals surface area contributed by atoms with E-state index in [9.17, 15) is 0 Å². The van der Waals surface area contributed by atoms with Crippen LogP contribution in [-0.2, 0) is 7.05 Å². The molecule has 0 aliphatic heterocycles. The van der Waals surface area contributed by atoms with Crippen molar-refractivity contribution in [1.82, 2.24) is 24.3 Å². The van der Waals surface area contributed by atoms with E-state index in [2.05, 4.69) is 51.4 Å². The largest absolute Gasteiger partial charge is 0.300 e. The minimum absolute atomic E-state index is 0.630. The van der Waals surface area contributed by atoms with E-state index in [0.29, 0.717) is 11.4 Å². The van der Waals surface area contributed by atoms with Gasteiger partial charge in [0.05, 0.1) is 27.6 Å². The third-order valence-electron chi connectivity index (χ3n) is 5.56. The van der Waals surface area contributed by atoms with Gasteiger partial charge in [-0.2, -0.15) is 10.2 Å². The number of aromatic nitrogens is 5. The monoisotopic (exact) mass is 425 g/mol. The van der Waals surface area contributed by atoms with Crippen molar-refractivity contribution in [3.05, 3.63) is 65.6 Å². The summed E-state index contributed by atoms with van der Waals surface area (Å²) in [5.74, 6) is 0.630. The topological polar surface area (TPSA) is 73.2 Å². The van der Waals surface area contributed by atoms with Crippen LogP contribution in [0, 0.1) is 0 Å². The molecule has 7 nitrogen and oxygen atoms in total. The third-order valence-corrected chi connectivity index (χ3v) is 6.83. The summed E-state index contributed by atoms with van der Waals surface area (Å²) in [6.07, 6.45) is 10.3. The summed E-state index contributed by atoms with van der Waals surface area (Å²) in [6.45, 7) is 3.53. The van der Waals surface area contributed by atoms with Gasteiger partial charge >= 0.3 is 0 Å². The lowest BCUT2D eigenvalue weighted by Crippen LogP contribution is -2.18. The van der Waals surface area contributed by atoms with Crippen LogP contribution in [0.4, 0.5) is 0 Å². The molecule has 0 amide bonds. The van der Waals surface area contributed by atoms with Crippen LogP contribution in [0.2, 0.25) is 0 Å². The fourth-order valence-corrected chi connectivity index (χ4v) is 5.06. The molecule has 0 atom stereocenters. The van der Waals surface area contributed by atoms with E-state index in [1.54, 1.807) is 16.0 Å². The average molecular weight is 426 g/mol. The fourth-order valence-electron chi connectivity index (χ4n) is 3.83. The summed E-state index contributed by atoms with van der Waals surface area (Å²) < 4.78 is 5.01. The first-order valence-electron chi connectivity index (χ1n) is 10.1. The molecule has 31 heavy (non-hydrogen) atoms. The minimum Gasteiger partial charge on any atom is -0.300 e. The van der Waals surface area contributed by atoms with Crippen LogP contribution >= 0.6 is 11.3 Å². The van der Waals surface area contributed by atoms with E-state index >= 15 is 0 Å². The number of benzene rings is 1. The number of aryl methyl sites for hydroxylation is 1. The lowest BCUT2D eigenvalue weighted by molar-refractivity contribution is 0.768. The summed E-state index contributed by atoms with van der Waals surface area (Å²) in [4.78, 5) is 9.46. The van der Waals surface area contributed by atoms with Crippen LogP contribution in [0.3, 0.4) is 0 Å². The average Bonchev–Trinajstić information content (AvgIpc) is 3.40. The molecule has 1 aliphatic rings. The Labute approximate surface area is 182 Å². The summed E-state index contributed by atoms with van der Waals surface area (Å²) in [5, 5.41) is 14.6. The molecule has 0 saturated heterocycles. The first kappa shape index (κ1) is 18.1. The molecule has 0 bridgehead atoms. The van der Waals surface area contributed by atoms with Gasteiger partial charge in [0.2, 0.25) is 0 Å². The van der Waals surface area contributed by atoms with Crippen molar-refractivity contribution < 1.29 is 0 Å². The highest BCUT2D eigenvalue weighted by molar-refractivity contribution is 7.19. The molecule has 0 N–H and O–H groups in total. The van der Waals surface area contributed by atoms with E-state index in [0.717, 1.165) is 33.2 Å². The Morgan fingerprint density at radius 2 is 1.97 bits per heavy atom.